The van der Waals surface area contributed by atoms with Crippen LogP contribution in [0.15, 0.2) is 24.3 Å². The van der Waals surface area contributed by atoms with E-state index in [1.165, 1.54) is 19.3 Å². The van der Waals surface area contributed by atoms with E-state index < -0.39 is 6.10 Å². The third-order valence-corrected chi connectivity index (χ3v) is 4.30. The van der Waals surface area contributed by atoms with Crippen molar-refractivity contribution in [2.75, 3.05) is 20.3 Å². The van der Waals surface area contributed by atoms with Crippen LogP contribution < -0.4 is 9.47 Å². The van der Waals surface area contributed by atoms with Gasteiger partial charge in [-0.05, 0) is 51.0 Å². The summed E-state index contributed by atoms with van der Waals surface area (Å²) in [6.07, 6.45) is 3.26. The molecule has 1 aliphatic rings. The number of benzene rings is 1. The number of nitrogens with zero attached hydrogens (tertiary/aromatic N) is 1. The highest BCUT2D eigenvalue weighted by atomic mass is 16.5. The number of ether oxygens (including phenoxy) is 2. The van der Waals surface area contributed by atoms with Crippen molar-refractivity contribution in [3.05, 3.63) is 24.3 Å². The lowest BCUT2D eigenvalue weighted by Crippen LogP contribution is -2.48. The maximum Gasteiger partial charge on any atom is 0.119 e. The fraction of sp³-hybridized carbons (Fsp3) is 0.647. The number of hydrogen-bond donors (Lipinski definition) is 1. The van der Waals surface area contributed by atoms with Crippen LogP contribution in [0.5, 0.6) is 11.5 Å². The fourth-order valence-corrected chi connectivity index (χ4v) is 3.00. The first-order valence-electron chi connectivity index (χ1n) is 7.81. The summed E-state index contributed by atoms with van der Waals surface area (Å²) in [7, 11) is 1.64. The smallest absolute Gasteiger partial charge is 0.119 e. The van der Waals surface area contributed by atoms with Crippen LogP contribution in [0.4, 0.5) is 0 Å². The lowest BCUT2D eigenvalue weighted by Gasteiger charge is -2.40. The van der Waals surface area contributed by atoms with Gasteiger partial charge in [-0.25, -0.2) is 0 Å². The number of aliphatic hydroxyl groups excluding tert-OH is 1. The van der Waals surface area contributed by atoms with Gasteiger partial charge in [-0.3, -0.25) is 4.90 Å². The SMILES string of the molecule is COc1ccc(OC[C@@H](O)CN2[C@H](C)CCC[C@@H]2C)cc1. The van der Waals surface area contributed by atoms with E-state index in [1.54, 1.807) is 7.11 Å². The minimum atomic E-state index is -0.463. The molecule has 1 saturated heterocycles. The molecule has 3 atom stereocenters. The van der Waals surface area contributed by atoms with Crippen molar-refractivity contribution in [3.63, 3.8) is 0 Å². The van der Waals surface area contributed by atoms with Gasteiger partial charge in [-0.1, -0.05) is 6.42 Å². The number of likely N-dealkylation sites (tertiary alicyclic amines) is 1. The largest absolute Gasteiger partial charge is 0.497 e. The van der Waals surface area contributed by atoms with Gasteiger partial charge in [0.25, 0.3) is 0 Å². The van der Waals surface area contributed by atoms with Crippen molar-refractivity contribution in [1.82, 2.24) is 4.90 Å². The highest BCUT2D eigenvalue weighted by Gasteiger charge is 2.26. The Morgan fingerprint density at radius 1 is 1.14 bits per heavy atom. The van der Waals surface area contributed by atoms with Gasteiger partial charge in [0.05, 0.1) is 7.11 Å². The lowest BCUT2D eigenvalue weighted by atomic mass is 9.97. The van der Waals surface area contributed by atoms with E-state index >= 15 is 0 Å². The van der Waals surface area contributed by atoms with Crippen LogP contribution in [-0.2, 0) is 0 Å². The van der Waals surface area contributed by atoms with Gasteiger partial charge in [-0.2, -0.15) is 0 Å². The average Bonchev–Trinajstić information content (AvgIpc) is 2.49. The molecule has 0 aromatic heterocycles. The Labute approximate surface area is 127 Å². The summed E-state index contributed by atoms with van der Waals surface area (Å²) in [5, 5.41) is 10.2. The predicted molar refractivity (Wildman–Crippen MR) is 84.0 cm³/mol. The molecule has 0 aliphatic carbocycles. The van der Waals surface area contributed by atoms with Gasteiger partial charge in [0.15, 0.2) is 0 Å². The number of methoxy groups -OCH3 is 1. The zero-order chi connectivity index (χ0) is 15.2. The first kappa shape index (κ1) is 16.1. The van der Waals surface area contributed by atoms with E-state index in [0.29, 0.717) is 25.2 Å². The fourth-order valence-electron chi connectivity index (χ4n) is 3.00. The number of piperidine rings is 1. The Kier molecular flexibility index (Phi) is 5.88. The van der Waals surface area contributed by atoms with Gasteiger partial charge in [0, 0.05) is 18.6 Å². The molecule has 0 unspecified atom stereocenters. The topological polar surface area (TPSA) is 41.9 Å². The molecule has 1 aromatic rings. The Hall–Kier alpha value is -1.26. The molecule has 1 fully saturated rings. The third-order valence-electron chi connectivity index (χ3n) is 4.30. The van der Waals surface area contributed by atoms with Crippen molar-refractivity contribution in [2.45, 2.75) is 51.3 Å². The zero-order valence-electron chi connectivity index (χ0n) is 13.3. The molecule has 118 valence electrons. The summed E-state index contributed by atoms with van der Waals surface area (Å²) >= 11 is 0. The molecular weight excluding hydrogens is 266 g/mol. The van der Waals surface area contributed by atoms with E-state index in [9.17, 15) is 5.11 Å². The maximum absolute atomic E-state index is 10.2. The van der Waals surface area contributed by atoms with Crippen LogP contribution >= 0.6 is 0 Å². The van der Waals surface area contributed by atoms with Crippen molar-refractivity contribution < 1.29 is 14.6 Å². The normalized spacial score (nSPS) is 24.6. The molecule has 0 amide bonds. The molecule has 0 spiro atoms. The van der Waals surface area contributed by atoms with Crippen LogP contribution in [0.2, 0.25) is 0 Å². The van der Waals surface area contributed by atoms with E-state index in [1.807, 2.05) is 24.3 Å². The molecule has 0 bridgehead atoms. The van der Waals surface area contributed by atoms with Crippen molar-refractivity contribution in [2.24, 2.45) is 0 Å². The minimum Gasteiger partial charge on any atom is -0.497 e. The predicted octanol–water partition coefficient (Wildman–Crippen LogP) is 2.70. The van der Waals surface area contributed by atoms with Crippen molar-refractivity contribution >= 4 is 0 Å². The van der Waals surface area contributed by atoms with Gasteiger partial charge >= 0.3 is 0 Å². The Balaban J connectivity index is 1.79. The molecule has 0 saturated carbocycles. The molecule has 4 nitrogen and oxygen atoms in total. The summed E-state index contributed by atoms with van der Waals surface area (Å²) in [5.41, 5.74) is 0. The molecule has 1 aliphatic heterocycles. The number of aliphatic hydroxyl groups is 1. The highest BCUT2D eigenvalue weighted by molar-refractivity contribution is 5.31. The number of β-amino-alcohol motifs (C(OH)–C–C–N with tert-alkyl or cyclic N) is 1. The number of rotatable bonds is 6. The van der Waals surface area contributed by atoms with Crippen molar-refractivity contribution in [3.8, 4) is 11.5 Å². The highest BCUT2D eigenvalue weighted by Crippen LogP contribution is 2.23. The Morgan fingerprint density at radius 2 is 1.71 bits per heavy atom. The molecule has 21 heavy (non-hydrogen) atoms. The van der Waals surface area contributed by atoms with Gasteiger partial charge in [0.2, 0.25) is 0 Å². The third kappa shape index (κ3) is 4.61. The van der Waals surface area contributed by atoms with Gasteiger partial charge < -0.3 is 14.6 Å². The monoisotopic (exact) mass is 293 g/mol. The maximum atomic E-state index is 10.2. The summed E-state index contributed by atoms with van der Waals surface area (Å²) in [6, 6.07) is 8.52. The molecule has 1 heterocycles. The first-order valence-corrected chi connectivity index (χ1v) is 7.81. The van der Waals surface area contributed by atoms with E-state index in [2.05, 4.69) is 18.7 Å². The quantitative estimate of drug-likeness (QED) is 0.875. The molecule has 4 heteroatoms. The standard InChI is InChI=1S/C17H27NO3/c1-13-5-4-6-14(2)18(13)11-15(19)12-21-17-9-7-16(20-3)8-10-17/h7-10,13-15,19H,4-6,11-12H2,1-3H3/t13-,14+,15-/m0/s1. The average molecular weight is 293 g/mol. The summed E-state index contributed by atoms with van der Waals surface area (Å²) in [6.45, 7) is 5.49. The molecule has 1 N–H and O–H groups in total. The van der Waals surface area contributed by atoms with Crippen LogP contribution in [-0.4, -0.2) is 48.5 Å². The zero-order valence-corrected chi connectivity index (χ0v) is 13.3. The summed E-state index contributed by atoms with van der Waals surface area (Å²) < 4.78 is 10.8. The second kappa shape index (κ2) is 7.66. The van der Waals surface area contributed by atoms with Crippen molar-refractivity contribution in [1.29, 1.82) is 0 Å². The summed E-state index contributed by atoms with van der Waals surface area (Å²) in [5.74, 6) is 1.56. The van der Waals surface area contributed by atoms with Crippen LogP contribution in [0.25, 0.3) is 0 Å². The second-order valence-corrected chi connectivity index (χ2v) is 5.97. The Bertz CT molecular complexity index is 411. The first-order chi connectivity index (χ1) is 10.1. The molecule has 0 radical (unpaired) electrons. The van der Waals surface area contributed by atoms with Gasteiger partial charge in [-0.15, -0.1) is 0 Å². The van der Waals surface area contributed by atoms with Gasteiger partial charge in [0.1, 0.15) is 24.2 Å². The van der Waals surface area contributed by atoms with Crippen LogP contribution in [0.3, 0.4) is 0 Å². The van der Waals surface area contributed by atoms with Crippen LogP contribution in [0, 0.1) is 0 Å². The number of hydrogen-bond acceptors (Lipinski definition) is 4. The molecule has 2 rings (SSSR count). The van der Waals surface area contributed by atoms with E-state index in [4.69, 9.17) is 9.47 Å². The summed E-state index contributed by atoms with van der Waals surface area (Å²) in [4.78, 5) is 2.39. The van der Waals surface area contributed by atoms with E-state index in [-0.39, 0.29) is 0 Å². The second-order valence-electron chi connectivity index (χ2n) is 5.97. The molecule has 1 aromatic carbocycles. The minimum absolute atomic E-state index is 0.322. The lowest BCUT2D eigenvalue weighted by molar-refractivity contribution is 0.0209. The van der Waals surface area contributed by atoms with Crippen LogP contribution in [0.1, 0.15) is 33.1 Å². The molecular formula is C17H27NO3. The van der Waals surface area contributed by atoms with E-state index in [0.717, 1.165) is 11.5 Å². The Morgan fingerprint density at radius 3 is 2.29 bits per heavy atom.